The summed E-state index contributed by atoms with van der Waals surface area (Å²) in [7, 11) is 0. The second-order valence-electron chi connectivity index (χ2n) is 6.63. The Kier molecular flexibility index (Phi) is 5.87. The highest BCUT2D eigenvalue weighted by Crippen LogP contribution is 2.32. The van der Waals surface area contributed by atoms with Gasteiger partial charge < -0.3 is 10.6 Å². The number of rotatable bonds is 5. The van der Waals surface area contributed by atoms with Crippen LogP contribution in [0.2, 0.25) is 0 Å². The molecule has 132 valence electrons. The highest BCUT2D eigenvalue weighted by atomic mass is 32.1. The topological polar surface area (TPSA) is 58.2 Å². The Balaban J connectivity index is 1.56. The van der Waals surface area contributed by atoms with Crippen LogP contribution in [0.5, 0.6) is 0 Å². The number of carbonyl (C=O) groups excluding carboxylic acids is 2. The van der Waals surface area contributed by atoms with Crippen LogP contribution in [-0.2, 0) is 11.2 Å². The third-order valence-corrected chi connectivity index (χ3v) is 5.49. The van der Waals surface area contributed by atoms with Crippen LogP contribution in [0.25, 0.3) is 0 Å². The van der Waals surface area contributed by atoms with Gasteiger partial charge in [-0.25, -0.2) is 0 Å². The lowest BCUT2D eigenvalue weighted by molar-refractivity contribution is -0.122. The van der Waals surface area contributed by atoms with Crippen LogP contribution in [0, 0.1) is 5.92 Å². The molecule has 1 aliphatic rings. The fraction of sp³-hybridized carbons (Fsp3) is 0.400. The number of hydrogen-bond donors (Lipinski definition) is 2. The van der Waals surface area contributed by atoms with Crippen molar-refractivity contribution < 1.29 is 9.59 Å². The van der Waals surface area contributed by atoms with Crippen molar-refractivity contribution in [2.45, 2.75) is 38.6 Å². The number of benzene rings is 1. The zero-order valence-electron chi connectivity index (χ0n) is 14.5. The quantitative estimate of drug-likeness (QED) is 0.803. The first kappa shape index (κ1) is 17.7. The predicted octanol–water partition coefficient (Wildman–Crippen LogP) is 3.70. The number of carbonyl (C=O) groups is 2. The zero-order chi connectivity index (χ0) is 17.6. The Morgan fingerprint density at radius 1 is 1.24 bits per heavy atom. The van der Waals surface area contributed by atoms with Gasteiger partial charge in [-0.1, -0.05) is 31.2 Å². The predicted molar refractivity (Wildman–Crippen MR) is 101 cm³/mol. The zero-order valence-corrected chi connectivity index (χ0v) is 15.3. The molecule has 0 bridgehead atoms. The van der Waals surface area contributed by atoms with E-state index in [4.69, 9.17) is 0 Å². The molecule has 25 heavy (non-hydrogen) atoms. The second-order valence-corrected chi connectivity index (χ2v) is 7.41. The van der Waals surface area contributed by atoms with Gasteiger partial charge in [-0.3, -0.25) is 9.59 Å². The average Bonchev–Trinajstić information content (AvgIpc) is 3.10. The summed E-state index contributed by atoms with van der Waals surface area (Å²) in [6.07, 6.45) is 3.63. The SMILES string of the molecule is C[C@@H]1CCCc2ccccc2[C@@H]1NC(=O)CCNC(=O)c1ccsc1. The Morgan fingerprint density at radius 2 is 2.08 bits per heavy atom. The van der Waals surface area contributed by atoms with Crippen LogP contribution in [0.4, 0.5) is 0 Å². The molecule has 0 fully saturated rings. The van der Waals surface area contributed by atoms with Gasteiger partial charge in [0.1, 0.15) is 0 Å². The van der Waals surface area contributed by atoms with E-state index in [2.05, 4.69) is 35.8 Å². The Bertz CT molecular complexity index is 727. The molecule has 2 atom stereocenters. The van der Waals surface area contributed by atoms with Crippen molar-refractivity contribution in [2.24, 2.45) is 5.92 Å². The lowest BCUT2D eigenvalue weighted by atomic mass is 9.92. The third-order valence-electron chi connectivity index (χ3n) is 4.80. The number of thiophene rings is 1. The number of hydrogen-bond acceptors (Lipinski definition) is 3. The molecular formula is C20H24N2O2S. The molecule has 3 rings (SSSR count). The fourth-order valence-corrected chi connectivity index (χ4v) is 4.04. The number of fused-ring (bicyclic) bond motifs is 1. The molecule has 0 unspecified atom stereocenters. The fourth-order valence-electron chi connectivity index (χ4n) is 3.40. The van der Waals surface area contributed by atoms with Crippen molar-refractivity contribution in [2.75, 3.05) is 6.54 Å². The minimum atomic E-state index is -0.123. The van der Waals surface area contributed by atoms with Crippen molar-refractivity contribution in [3.63, 3.8) is 0 Å². The van der Waals surface area contributed by atoms with Gasteiger partial charge in [-0.2, -0.15) is 11.3 Å². The first-order valence-electron chi connectivity index (χ1n) is 8.82. The van der Waals surface area contributed by atoms with E-state index in [1.807, 2.05) is 11.4 Å². The monoisotopic (exact) mass is 356 g/mol. The molecule has 1 heterocycles. The van der Waals surface area contributed by atoms with Crippen LogP contribution in [-0.4, -0.2) is 18.4 Å². The summed E-state index contributed by atoms with van der Waals surface area (Å²) in [6, 6.07) is 10.2. The summed E-state index contributed by atoms with van der Waals surface area (Å²) in [5, 5.41) is 9.66. The summed E-state index contributed by atoms with van der Waals surface area (Å²) in [5.74, 6) is 0.273. The maximum atomic E-state index is 12.4. The van der Waals surface area contributed by atoms with Gasteiger partial charge >= 0.3 is 0 Å². The van der Waals surface area contributed by atoms with Crippen LogP contribution in [0.3, 0.4) is 0 Å². The first-order valence-corrected chi connectivity index (χ1v) is 9.77. The summed E-state index contributed by atoms with van der Waals surface area (Å²) in [6.45, 7) is 2.55. The largest absolute Gasteiger partial charge is 0.351 e. The van der Waals surface area contributed by atoms with Gasteiger partial charge in [0.2, 0.25) is 5.91 Å². The summed E-state index contributed by atoms with van der Waals surface area (Å²) >= 11 is 1.49. The van der Waals surface area contributed by atoms with E-state index in [0.29, 0.717) is 24.4 Å². The van der Waals surface area contributed by atoms with E-state index < -0.39 is 0 Å². The van der Waals surface area contributed by atoms with Gasteiger partial charge in [0.15, 0.2) is 0 Å². The normalized spacial score (nSPS) is 19.6. The summed E-state index contributed by atoms with van der Waals surface area (Å²) < 4.78 is 0. The summed E-state index contributed by atoms with van der Waals surface area (Å²) in [5.41, 5.74) is 3.22. The van der Waals surface area contributed by atoms with Crippen molar-refractivity contribution >= 4 is 23.2 Å². The lowest BCUT2D eigenvalue weighted by Crippen LogP contribution is -2.35. The van der Waals surface area contributed by atoms with Crippen LogP contribution in [0.15, 0.2) is 41.1 Å². The molecule has 2 N–H and O–H groups in total. The molecule has 0 radical (unpaired) electrons. The van der Waals surface area contributed by atoms with Crippen molar-refractivity contribution in [1.29, 1.82) is 0 Å². The van der Waals surface area contributed by atoms with Crippen molar-refractivity contribution in [1.82, 2.24) is 10.6 Å². The Hall–Kier alpha value is -2.14. The molecule has 0 saturated carbocycles. The first-order chi connectivity index (χ1) is 12.1. The smallest absolute Gasteiger partial charge is 0.252 e. The van der Waals surface area contributed by atoms with Gasteiger partial charge in [-0.15, -0.1) is 0 Å². The maximum Gasteiger partial charge on any atom is 0.252 e. The van der Waals surface area contributed by atoms with E-state index in [1.165, 1.54) is 22.5 Å². The number of aryl methyl sites for hydroxylation is 1. The van der Waals surface area contributed by atoms with E-state index in [0.717, 1.165) is 19.3 Å². The molecular weight excluding hydrogens is 332 g/mol. The molecule has 0 saturated heterocycles. The van der Waals surface area contributed by atoms with E-state index in [-0.39, 0.29) is 17.9 Å². The highest BCUT2D eigenvalue weighted by molar-refractivity contribution is 7.08. The Morgan fingerprint density at radius 3 is 2.88 bits per heavy atom. The number of nitrogens with one attached hydrogen (secondary N) is 2. The second kappa shape index (κ2) is 8.30. The van der Waals surface area contributed by atoms with Crippen LogP contribution < -0.4 is 10.6 Å². The molecule has 2 amide bonds. The molecule has 0 spiro atoms. The molecule has 1 aliphatic carbocycles. The van der Waals surface area contributed by atoms with Gasteiger partial charge in [0, 0.05) is 23.9 Å². The lowest BCUT2D eigenvalue weighted by Gasteiger charge is -2.25. The van der Waals surface area contributed by atoms with E-state index >= 15 is 0 Å². The van der Waals surface area contributed by atoms with Gasteiger partial charge in [0.25, 0.3) is 5.91 Å². The third kappa shape index (κ3) is 4.48. The minimum absolute atomic E-state index is 0.0147. The minimum Gasteiger partial charge on any atom is -0.351 e. The van der Waals surface area contributed by atoms with Crippen LogP contribution in [0.1, 0.15) is 53.7 Å². The Labute approximate surface area is 152 Å². The maximum absolute atomic E-state index is 12.4. The van der Waals surface area contributed by atoms with E-state index in [1.54, 1.807) is 11.4 Å². The number of amides is 2. The highest BCUT2D eigenvalue weighted by Gasteiger charge is 2.25. The molecule has 4 nitrogen and oxygen atoms in total. The van der Waals surface area contributed by atoms with Crippen molar-refractivity contribution in [3.05, 3.63) is 57.8 Å². The summed E-state index contributed by atoms with van der Waals surface area (Å²) in [4.78, 5) is 24.3. The van der Waals surface area contributed by atoms with Gasteiger partial charge in [-0.05, 0) is 47.8 Å². The molecule has 1 aromatic carbocycles. The van der Waals surface area contributed by atoms with Gasteiger partial charge in [0.05, 0.1) is 6.04 Å². The molecule has 2 aromatic rings. The molecule has 1 aromatic heterocycles. The van der Waals surface area contributed by atoms with E-state index in [9.17, 15) is 9.59 Å². The molecule has 5 heteroatoms. The van der Waals surface area contributed by atoms with Crippen molar-refractivity contribution in [3.8, 4) is 0 Å². The average molecular weight is 356 g/mol. The molecule has 0 aliphatic heterocycles. The standard InChI is InChI=1S/C20H24N2O2S/c1-14-5-4-7-15-6-2-3-8-17(15)19(14)22-18(23)9-11-21-20(24)16-10-12-25-13-16/h2-3,6,8,10,12-14,19H,4-5,7,9,11H2,1H3,(H,21,24)(H,22,23)/t14-,19-/m1/s1. The van der Waals surface area contributed by atoms with Crippen LogP contribution >= 0.6 is 11.3 Å².